The Labute approximate surface area is 147 Å². The zero-order valence-corrected chi connectivity index (χ0v) is 14.6. The summed E-state index contributed by atoms with van der Waals surface area (Å²) in [4.78, 5) is 22.0. The average molecular weight is 341 g/mol. The number of hydrogen-bond donors (Lipinski definition) is 0. The summed E-state index contributed by atoms with van der Waals surface area (Å²) in [7, 11) is 0. The third-order valence-electron chi connectivity index (χ3n) is 4.21. The molecule has 1 aromatic carbocycles. The van der Waals surface area contributed by atoms with Crippen molar-refractivity contribution < 1.29 is 4.79 Å². The Kier molecular flexibility index (Phi) is 6.26. The zero-order chi connectivity index (χ0) is 16.6. The maximum atomic E-state index is 12.3. The molecule has 0 spiro atoms. The maximum absolute atomic E-state index is 12.3. The van der Waals surface area contributed by atoms with Crippen LogP contribution in [0.2, 0.25) is 0 Å². The van der Waals surface area contributed by atoms with Crippen LogP contribution in [0.25, 0.3) is 0 Å². The van der Waals surface area contributed by atoms with E-state index in [1.54, 1.807) is 11.8 Å². The third kappa shape index (κ3) is 5.08. The van der Waals surface area contributed by atoms with Gasteiger partial charge in [-0.25, -0.2) is 0 Å². The number of carbonyl (C=O) groups is 1. The van der Waals surface area contributed by atoms with Gasteiger partial charge < -0.3 is 4.90 Å². The number of thioether (sulfide) groups is 1. The highest BCUT2D eigenvalue weighted by Gasteiger charge is 2.20. The summed E-state index contributed by atoms with van der Waals surface area (Å²) in [5.41, 5.74) is 1.28. The van der Waals surface area contributed by atoms with Crippen LogP contribution >= 0.6 is 11.8 Å². The highest BCUT2D eigenvalue weighted by molar-refractivity contribution is 7.99. The second kappa shape index (κ2) is 8.85. The van der Waals surface area contributed by atoms with Gasteiger partial charge in [-0.3, -0.25) is 14.7 Å². The van der Waals surface area contributed by atoms with Crippen LogP contribution < -0.4 is 0 Å². The highest BCUT2D eigenvalue weighted by Crippen LogP contribution is 2.18. The van der Waals surface area contributed by atoms with E-state index in [1.165, 1.54) is 10.5 Å². The normalized spacial score (nSPS) is 15.4. The minimum atomic E-state index is 0.280. The molecule has 1 aromatic heterocycles. The summed E-state index contributed by atoms with van der Waals surface area (Å²) in [6.07, 6.45) is 4.28. The first-order valence-corrected chi connectivity index (χ1v) is 9.37. The van der Waals surface area contributed by atoms with Gasteiger partial charge in [0.05, 0.1) is 0 Å². The van der Waals surface area contributed by atoms with Gasteiger partial charge in [0.1, 0.15) is 0 Å². The topological polar surface area (TPSA) is 36.4 Å². The van der Waals surface area contributed by atoms with Gasteiger partial charge in [0.15, 0.2) is 0 Å². The molecule has 1 aliphatic heterocycles. The number of pyridine rings is 1. The lowest BCUT2D eigenvalue weighted by atomic mass is 10.2. The fraction of sp³-hybridized carbons (Fsp3) is 0.368. The van der Waals surface area contributed by atoms with Gasteiger partial charge in [0.25, 0.3) is 0 Å². The summed E-state index contributed by atoms with van der Waals surface area (Å²) in [6, 6.07) is 14.4. The number of benzene rings is 1. The number of rotatable bonds is 6. The van der Waals surface area contributed by atoms with Crippen molar-refractivity contribution in [1.29, 1.82) is 0 Å². The van der Waals surface area contributed by atoms with Crippen molar-refractivity contribution in [3.8, 4) is 0 Å². The predicted molar refractivity (Wildman–Crippen MR) is 97.9 cm³/mol. The van der Waals surface area contributed by atoms with Crippen LogP contribution in [0.1, 0.15) is 12.0 Å². The molecule has 2 aromatic rings. The van der Waals surface area contributed by atoms with Crippen molar-refractivity contribution >= 4 is 17.7 Å². The van der Waals surface area contributed by atoms with Gasteiger partial charge in [-0.1, -0.05) is 18.2 Å². The van der Waals surface area contributed by atoms with Crippen molar-refractivity contribution in [3.05, 3.63) is 60.4 Å². The number of carbonyl (C=O) groups excluding carboxylic acids is 1. The van der Waals surface area contributed by atoms with Crippen LogP contribution in [0.4, 0.5) is 0 Å². The van der Waals surface area contributed by atoms with Crippen LogP contribution in [-0.4, -0.2) is 52.6 Å². The van der Waals surface area contributed by atoms with Gasteiger partial charge in [-0.2, -0.15) is 0 Å². The average Bonchev–Trinajstić information content (AvgIpc) is 2.64. The molecular formula is C19H23N3OS. The van der Waals surface area contributed by atoms with Gasteiger partial charge in [-0.15, -0.1) is 11.8 Å². The largest absolute Gasteiger partial charge is 0.340 e. The van der Waals surface area contributed by atoms with Crippen LogP contribution in [0.5, 0.6) is 0 Å². The molecule has 0 aliphatic carbocycles. The zero-order valence-electron chi connectivity index (χ0n) is 13.8. The van der Waals surface area contributed by atoms with E-state index in [4.69, 9.17) is 0 Å². The van der Waals surface area contributed by atoms with Gasteiger partial charge >= 0.3 is 0 Å². The number of piperazine rings is 1. The molecule has 1 amide bonds. The Hall–Kier alpha value is -1.85. The van der Waals surface area contributed by atoms with Gasteiger partial charge in [0, 0.05) is 62.2 Å². The van der Waals surface area contributed by atoms with Crippen molar-refractivity contribution in [1.82, 2.24) is 14.8 Å². The summed E-state index contributed by atoms with van der Waals surface area (Å²) in [6.45, 7) is 4.49. The van der Waals surface area contributed by atoms with E-state index >= 15 is 0 Å². The standard InChI is InChI=1S/C19H23N3OS/c23-19(8-15-24-18-4-2-1-3-5-18)22-13-11-21(12-14-22)16-17-6-9-20-10-7-17/h1-7,9-10H,8,11-16H2. The van der Waals surface area contributed by atoms with Crippen LogP contribution in [0.15, 0.2) is 59.8 Å². The summed E-state index contributed by atoms with van der Waals surface area (Å²) >= 11 is 1.75. The Balaban J connectivity index is 1.37. The second-order valence-electron chi connectivity index (χ2n) is 5.92. The van der Waals surface area contributed by atoms with Crippen molar-refractivity contribution in [2.45, 2.75) is 17.9 Å². The lowest BCUT2D eigenvalue weighted by Crippen LogP contribution is -2.48. The predicted octanol–water partition coefficient (Wildman–Crippen LogP) is 2.91. The monoisotopic (exact) mass is 341 g/mol. The van der Waals surface area contributed by atoms with Crippen LogP contribution in [0.3, 0.4) is 0 Å². The summed E-state index contributed by atoms with van der Waals surface area (Å²) < 4.78 is 0. The second-order valence-corrected chi connectivity index (χ2v) is 7.09. The Morgan fingerprint density at radius 2 is 1.71 bits per heavy atom. The van der Waals surface area contributed by atoms with Gasteiger partial charge in [-0.05, 0) is 29.8 Å². The molecule has 24 heavy (non-hydrogen) atoms. The molecule has 0 bridgehead atoms. The molecular weight excluding hydrogens is 318 g/mol. The van der Waals surface area contributed by atoms with Crippen LogP contribution in [-0.2, 0) is 11.3 Å². The summed E-state index contributed by atoms with van der Waals surface area (Å²) in [5.74, 6) is 1.13. The first-order chi connectivity index (χ1) is 11.8. The quantitative estimate of drug-likeness (QED) is 0.757. The molecule has 1 fully saturated rings. The van der Waals surface area contributed by atoms with Crippen molar-refractivity contribution in [3.63, 3.8) is 0 Å². The fourth-order valence-electron chi connectivity index (χ4n) is 2.83. The van der Waals surface area contributed by atoms with E-state index in [0.717, 1.165) is 38.5 Å². The lowest BCUT2D eigenvalue weighted by Gasteiger charge is -2.34. The molecule has 4 nitrogen and oxygen atoms in total. The van der Waals surface area contributed by atoms with Gasteiger partial charge in [0.2, 0.25) is 5.91 Å². The third-order valence-corrected chi connectivity index (χ3v) is 5.22. The molecule has 0 atom stereocenters. The van der Waals surface area contributed by atoms with E-state index in [-0.39, 0.29) is 5.91 Å². The molecule has 0 radical (unpaired) electrons. The van der Waals surface area contributed by atoms with Crippen molar-refractivity contribution in [2.75, 3.05) is 31.9 Å². The van der Waals surface area contributed by atoms with E-state index < -0.39 is 0 Å². The molecule has 1 aliphatic rings. The molecule has 3 rings (SSSR count). The highest BCUT2D eigenvalue weighted by atomic mass is 32.2. The van der Waals surface area contributed by atoms with Crippen molar-refractivity contribution in [2.24, 2.45) is 0 Å². The lowest BCUT2D eigenvalue weighted by molar-refractivity contribution is -0.132. The maximum Gasteiger partial charge on any atom is 0.223 e. The van der Waals surface area contributed by atoms with Crippen LogP contribution in [0, 0.1) is 0 Å². The number of nitrogens with zero attached hydrogens (tertiary/aromatic N) is 3. The number of hydrogen-bond acceptors (Lipinski definition) is 4. The molecule has 1 saturated heterocycles. The smallest absolute Gasteiger partial charge is 0.223 e. The number of amides is 1. The number of aromatic nitrogens is 1. The molecule has 126 valence electrons. The first-order valence-electron chi connectivity index (χ1n) is 8.38. The molecule has 0 unspecified atom stereocenters. The first kappa shape index (κ1) is 17.0. The SMILES string of the molecule is O=C(CCSc1ccccc1)N1CCN(Cc2ccncc2)CC1. The molecule has 2 heterocycles. The van der Waals surface area contributed by atoms with E-state index in [9.17, 15) is 4.79 Å². The molecule has 5 heteroatoms. The van der Waals surface area contributed by atoms with E-state index in [1.807, 2.05) is 35.5 Å². The fourth-order valence-corrected chi connectivity index (χ4v) is 3.69. The Morgan fingerprint density at radius 3 is 2.42 bits per heavy atom. The molecule has 0 saturated carbocycles. The van der Waals surface area contributed by atoms with E-state index in [2.05, 4.69) is 34.1 Å². The summed E-state index contributed by atoms with van der Waals surface area (Å²) in [5, 5.41) is 0. The Bertz CT molecular complexity index is 628. The minimum Gasteiger partial charge on any atom is -0.340 e. The Morgan fingerprint density at radius 1 is 1.00 bits per heavy atom. The molecule has 0 N–H and O–H groups in total. The minimum absolute atomic E-state index is 0.280. The van der Waals surface area contributed by atoms with E-state index in [0.29, 0.717) is 6.42 Å².